The molecule has 0 aliphatic heterocycles. The average Bonchev–Trinajstić information content (AvgIpc) is 3.01. The van der Waals surface area contributed by atoms with Crippen molar-refractivity contribution in [3.05, 3.63) is 62.9 Å². The van der Waals surface area contributed by atoms with E-state index >= 15 is 0 Å². The molecule has 0 amide bonds. The van der Waals surface area contributed by atoms with Gasteiger partial charge in [0.1, 0.15) is 0 Å². The van der Waals surface area contributed by atoms with Gasteiger partial charge in [0.2, 0.25) is 5.95 Å². The van der Waals surface area contributed by atoms with Crippen molar-refractivity contribution in [1.29, 1.82) is 0 Å². The first kappa shape index (κ1) is 16.7. The van der Waals surface area contributed by atoms with Gasteiger partial charge in [-0.25, -0.2) is 10.2 Å². The first-order valence-corrected chi connectivity index (χ1v) is 8.23. The van der Waals surface area contributed by atoms with Gasteiger partial charge in [-0.15, -0.1) is 0 Å². The Balaban J connectivity index is 1.69. The third kappa shape index (κ3) is 2.69. The number of pyridine rings is 1. The Hall–Kier alpha value is -3.75. The number of nitrogens with zero attached hydrogens (tertiary/aromatic N) is 6. The molecule has 27 heavy (non-hydrogen) atoms. The van der Waals surface area contributed by atoms with Crippen molar-refractivity contribution in [3.63, 3.8) is 0 Å². The number of anilines is 1. The lowest BCUT2D eigenvalue weighted by Crippen LogP contribution is -2.37. The summed E-state index contributed by atoms with van der Waals surface area (Å²) >= 11 is 0. The van der Waals surface area contributed by atoms with Crippen LogP contribution in [0.4, 0.5) is 5.95 Å². The normalized spacial score (nSPS) is 11.7. The molecular weight excluding hydrogens is 346 g/mol. The zero-order valence-electron chi connectivity index (χ0n) is 15.0. The Morgan fingerprint density at radius 2 is 1.89 bits per heavy atom. The minimum absolute atomic E-state index is 0.306. The molecule has 0 radical (unpaired) electrons. The first-order valence-electron chi connectivity index (χ1n) is 8.23. The standard InChI is InChI=1S/C18H17N7O2/c1-23-14-15(24(2)18(27)25(3)16(14)26)21-17(23)22-20-10-11-6-7-13-12(9-11)5-4-8-19-13/h4-10H,1-3H3,(H,21,22)/b20-10+. The fourth-order valence-electron chi connectivity index (χ4n) is 2.96. The summed E-state index contributed by atoms with van der Waals surface area (Å²) in [7, 11) is 4.71. The highest BCUT2D eigenvalue weighted by Crippen LogP contribution is 2.14. The van der Waals surface area contributed by atoms with Crippen molar-refractivity contribution in [1.82, 2.24) is 23.7 Å². The topological polar surface area (TPSA) is 99.1 Å². The van der Waals surface area contributed by atoms with Gasteiger partial charge in [-0.1, -0.05) is 12.1 Å². The van der Waals surface area contributed by atoms with Gasteiger partial charge in [-0.05, 0) is 23.8 Å². The van der Waals surface area contributed by atoms with E-state index in [1.165, 1.54) is 11.6 Å². The summed E-state index contributed by atoms with van der Waals surface area (Å²) < 4.78 is 3.97. The number of rotatable bonds is 3. The third-order valence-corrected chi connectivity index (χ3v) is 4.48. The minimum atomic E-state index is -0.426. The molecule has 0 saturated carbocycles. The lowest BCUT2D eigenvalue weighted by Gasteiger charge is -2.03. The van der Waals surface area contributed by atoms with E-state index in [4.69, 9.17) is 0 Å². The van der Waals surface area contributed by atoms with Crippen molar-refractivity contribution in [2.45, 2.75) is 0 Å². The maximum absolute atomic E-state index is 12.4. The second-order valence-corrected chi connectivity index (χ2v) is 6.20. The quantitative estimate of drug-likeness (QED) is 0.432. The molecular formula is C18H17N7O2. The van der Waals surface area contributed by atoms with Crippen molar-refractivity contribution >= 4 is 34.2 Å². The van der Waals surface area contributed by atoms with E-state index in [0.717, 1.165) is 21.0 Å². The predicted octanol–water partition coefficient (Wildman–Crippen LogP) is 0.965. The van der Waals surface area contributed by atoms with Crippen LogP contribution in [0.1, 0.15) is 5.56 Å². The maximum Gasteiger partial charge on any atom is 0.332 e. The van der Waals surface area contributed by atoms with Gasteiger partial charge in [-0.3, -0.25) is 18.9 Å². The molecule has 0 unspecified atom stereocenters. The number of hydrogen-bond donors (Lipinski definition) is 1. The highest BCUT2D eigenvalue weighted by Gasteiger charge is 2.16. The van der Waals surface area contributed by atoms with Crippen LogP contribution in [0.3, 0.4) is 0 Å². The summed E-state index contributed by atoms with van der Waals surface area (Å²) in [6, 6.07) is 9.67. The monoisotopic (exact) mass is 363 g/mol. The van der Waals surface area contributed by atoms with Crippen LogP contribution >= 0.6 is 0 Å². The van der Waals surface area contributed by atoms with Crippen molar-refractivity contribution in [2.24, 2.45) is 26.2 Å². The largest absolute Gasteiger partial charge is 0.332 e. The van der Waals surface area contributed by atoms with Crippen LogP contribution in [-0.2, 0) is 21.1 Å². The molecule has 0 atom stereocenters. The molecule has 0 saturated heterocycles. The van der Waals surface area contributed by atoms with Gasteiger partial charge >= 0.3 is 5.69 Å². The fraction of sp³-hybridized carbons (Fsp3) is 0.167. The third-order valence-electron chi connectivity index (χ3n) is 4.48. The van der Waals surface area contributed by atoms with Gasteiger partial charge in [0.25, 0.3) is 5.56 Å². The van der Waals surface area contributed by atoms with Crippen LogP contribution in [0.2, 0.25) is 0 Å². The SMILES string of the molecule is Cn1c(=O)c2c(nc(N/N=C/c3ccc4ncccc4c3)n2C)n(C)c1=O. The number of hydrogen-bond acceptors (Lipinski definition) is 6. The summed E-state index contributed by atoms with van der Waals surface area (Å²) in [6.45, 7) is 0. The number of fused-ring (bicyclic) bond motifs is 2. The average molecular weight is 363 g/mol. The van der Waals surface area contributed by atoms with E-state index in [1.54, 1.807) is 31.1 Å². The minimum Gasteiger partial charge on any atom is -0.306 e. The summed E-state index contributed by atoms with van der Waals surface area (Å²) in [4.78, 5) is 33.0. The van der Waals surface area contributed by atoms with E-state index in [1.807, 2.05) is 30.3 Å². The Bertz CT molecular complexity index is 1330. The van der Waals surface area contributed by atoms with Crippen LogP contribution in [0.25, 0.3) is 22.1 Å². The Morgan fingerprint density at radius 1 is 1.07 bits per heavy atom. The number of hydrazone groups is 1. The molecule has 0 aliphatic rings. The smallest absolute Gasteiger partial charge is 0.306 e. The summed E-state index contributed by atoms with van der Waals surface area (Å²) in [5, 5.41) is 5.22. The van der Waals surface area contributed by atoms with E-state index in [0.29, 0.717) is 17.1 Å². The van der Waals surface area contributed by atoms with Crippen LogP contribution < -0.4 is 16.7 Å². The summed E-state index contributed by atoms with van der Waals surface area (Å²) in [5.41, 5.74) is 4.45. The lowest BCUT2D eigenvalue weighted by atomic mass is 10.1. The summed E-state index contributed by atoms with van der Waals surface area (Å²) in [5.74, 6) is 0.363. The number of aryl methyl sites for hydroxylation is 2. The molecule has 0 bridgehead atoms. The van der Waals surface area contributed by atoms with Crippen molar-refractivity contribution in [2.75, 3.05) is 5.43 Å². The van der Waals surface area contributed by atoms with Gasteiger partial charge in [0.05, 0.1) is 11.7 Å². The van der Waals surface area contributed by atoms with E-state index in [9.17, 15) is 9.59 Å². The molecule has 9 heteroatoms. The second-order valence-electron chi connectivity index (χ2n) is 6.20. The fourth-order valence-corrected chi connectivity index (χ4v) is 2.96. The molecule has 0 aliphatic carbocycles. The molecule has 9 nitrogen and oxygen atoms in total. The first-order chi connectivity index (χ1) is 13.0. The predicted molar refractivity (Wildman–Crippen MR) is 104 cm³/mol. The zero-order valence-corrected chi connectivity index (χ0v) is 15.0. The second kappa shape index (κ2) is 6.20. The molecule has 0 fully saturated rings. The molecule has 136 valence electrons. The van der Waals surface area contributed by atoms with Gasteiger partial charge in [0.15, 0.2) is 11.2 Å². The van der Waals surface area contributed by atoms with E-state index < -0.39 is 11.2 Å². The molecule has 0 spiro atoms. The van der Waals surface area contributed by atoms with Crippen molar-refractivity contribution < 1.29 is 0 Å². The molecule has 3 aromatic heterocycles. The molecule has 4 rings (SSSR count). The number of imidazole rings is 1. The Kier molecular flexibility index (Phi) is 3.84. The van der Waals surface area contributed by atoms with Crippen LogP contribution in [0.15, 0.2) is 51.2 Å². The molecule has 1 N–H and O–H groups in total. The molecule has 4 aromatic rings. The van der Waals surface area contributed by atoms with Crippen LogP contribution in [0, 0.1) is 0 Å². The highest BCUT2D eigenvalue weighted by atomic mass is 16.2. The highest BCUT2D eigenvalue weighted by molar-refractivity contribution is 5.88. The van der Waals surface area contributed by atoms with E-state index in [2.05, 4.69) is 20.5 Å². The summed E-state index contributed by atoms with van der Waals surface area (Å²) in [6.07, 6.45) is 3.41. The molecule has 3 heterocycles. The van der Waals surface area contributed by atoms with E-state index in [-0.39, 0.29) is 0 Å². The molecule has 1 aromatic carbocycles. The Morgan fingerprint density at radius 3 is 2.70 bits per heavy atom. The van der Waals surface area contributed by atoms with Gasteiger partial charge in [0, 0.05) is 32.7 Å². The number of nitrogens with one attached hydrogen (secondary N) is 1. The lowest BCUT2D eigenvalue weighted by molar-refractivity contribution is 0.705. The Labute approximate surface area is 153 Å². The number of aromatic nitrogens is 5. The van der Waals surface area contributed by atoms with Gasteiger partial charge < -0.3 is 4.57 Å². The van der Waals surface area contributed by atoms with Crippen LogP contribution in [-0.4, -0.2) is 29.9 Å². The van der Waals surface area contributed by atoms with Gasteiger partial charge in [-0.2, -0.15) is 10.1 Å². The van der Waals surface area contributed by atoms with Crippen molar-refractivity contribution in [3.8, 4) is 0 Å². The maximum atomic E-state index is 12.4. The zero-order chi connectivity index (χ0) is 19.1. The van der Waals surface area contributed by atoms with Crippen LogP contribution in [0.5, 0.6) is 0 Å². The number of benzene rings is 1.